The van der Waals surface area contributed by atoms with E-state index in [-0.39, 0.29) is 24.6 Å². The van der Waals surface area contributed by atoms with Crippen LogP contribution in [0.3, 0.4) is 0 Å². The van der Waals surface area contributed by atoms with Gasteiger partial charge in [0.1, 0.15) is 11.7 Å². The molecule has 20 nitrogen and oxygen atoms in total. The summed E-state index contributed by atoms with van der Waals surface area (Å²) in [4.78, 5) is 35.3. The van der Waals surface area contributed by atoms with Crippen LogP contribution in [0.4, 0.5) is 0 Å². The first-order valence-corrected chi connectivity index (χ1v) is 20.2. The Morgan fingerprint density at radius 3 is 1.46 bits per heavy atom. The number of amides is 2. The van der Waals surface area contributed by atoms with Crippen LogP contribution in [0.1, 0.15) is 25.5 Å². The van der Waals surface area contributed by atoms with Crippen molar-refractivity contribution in [2.24, 2.45) is 0 Å². The number of aromatic nitrogens is 3. The molecule has 56 heavy (non-hydrogen) atoms. The molecule has 2 heterocycles. The molecule has 0 radical (unpaired) electrons. The van der Waals surface area contributed by atoms with Gasteiger partial charge in [0.05, 0.1) is 163 Å². The van der Waals surface area contributed by atoms with Crippen LogP contribution in [-0.4, -0.2) is 200 Å². The van der Waals surface area contributed by atoms with Crippen molar-refractivity contribution < 1.29 is 71.6 Å². The van der Waals surface area contributed by atoms with Crippen molar-refractivity contribution in [3.8, 4) is 0 Å². The third-order valence-corrected chi connectivity index (χ3v) is 8.64. The number of carbonyl (C=O) groups excluding carboxylic acids is 2. The molecule has 1 fully saturated rings. The van der Waals surface area contributed by atoms with Crippen LogP contribution < -0.4 is 10.6 Å². The van der Waals surface area contributed by atoms with Gasteiger partial charge in [0, 0.05) is 18.8 Å². The lowest BCUT2D eigenvalue weighted by atomic mass is 10.2. The molecule has 324 valence electrons. The average molecular weight is 826 g/mol. The molecule has 1 aliphatic rings. The SMILES string of the molecule is CCCOCCOCCOCCOCCOCCOCCOCCOCCOCCOCCOCCn1cc(CNC(=O)CC2SCC(C(=O)O)NC2=O)nn1. The summed E-state index contributed by atoms with van der Waals surface area (Å²) in [5, 5.41) is 21.5. The molecule has 0 saturated carbocycles. The number of carboxylic acid groups (broad SMARTS) is 1. The summed E-state index contributed by atoms with van der Waals surface area (Å²) in [7, 11) is 0. The van der Waals surface area contributed by atoms with Crippen molar-refractivity contribution in [2.75, 3.05) is 151 Å². The van der Waals surface area contributed by atoms with E-state index in [2.05, 4.69) is 27.9 Å². The van der Waals surface area contributed by atoms with E-state index in [0.29, 0.717) is 151 Å². The Morgan fingerprint density at radius 1 is 0.696 bits per heavy atom. The molecule has 2 unspecified atom stereocenters. The summed E-state index contributed by atoms with van der Waals surface area (Å²) in [6.07, 6.45) is 2.67. The van der Waals surface area contributed by atoms with Crippen molar-refractivity contribution >= 4 is 29.5 Å². The smallest absolute Gasteiger partial charge is 0.327 e. The lowest BCUT2D eigenvalue weighted by molar-refractivity contribution is -0.141. The lowest BCUT2D eigenvalue weighted by Crippen LogP contribution is -2.51. The van der Waals surface area contributed by atoms with Crippen molar-refractivity contribution in [3.63, 3.8) is 0 Å². The van der Waals surface area contributed by atoms with E-state index in [9.17, 15) is 14.4 Å². The second-order valence-corrected chi connectivity index (χ2v) is 13.1. The Labute approximate surface area is 333 Å². The summed E-state index contributed by atoms with van der Waals surface area (Å²) >= 11 is 1.16. The summed E-state index contributed by atoms with van der Waals surface area (Å²) in [5.74, 6) is -1.66. The van der Waals surface area contributed by atoms with Gasteiger partial charge in [-0.25, -0.2) is 9.48 Å². The van der Waals surface area contributed by atoms with E-state index < -0.39 is 23.2 Å². The van der Waals surface area contributed by atoms with Crippen LogP contribution in [0.15, 0.2) is 6.20 Å². The largest absolute Gasteiger partial charge is 0.480 e. The van der Waals surface area contributed by atoms with Crippen LogP contribution in [0.5, 0.6) is 0 Å². The highest BCUT2D eigenvalue weighted by atomic mass is 32.2. The summed E-state index contributed by atoms with van der Waals surface area (Å²) < 4.78 is 61.8. The van der Waals surface area contributed by atoms with Gasteiger partial charge >= 0.3 is 5.97 Å². The van der Waals surface area contributed by atoms with E-state index in [1.54, 1.807) is 10.9 Å². The van der Waals surface area contributed by atoms with Gasteiger partial charge in [0.25, 0.3) is 0 Å². The van der Waals surface area contributed by atoms with Crippen molar-refractivity contribution in [1.82, 2.24) is 25.6 Å². The first-order chi connectivity index (χ1) is 27.5. The third kappa shape index (κ3) is 28.0. The molecule has 21 heteroatoms. The predicted molar refractivity (Wildman–Crippen MR) is 202 cm³/mol. The van der Waals surface area contributed by atoms with E-state index >= 15 is 0 Å². The van der Waals surface area contributed by atoms with Crippen LogP contribution in [0.2, 0.25) is 0 Å². The maximum atomic E-state index is 12.2. The number of hydrogen-bond acceptors (Lipinski definition) is 17. The summed E-state index contributed by atoms with van der Waals surface area (Å²) in [5.41, 5.74) is 0.561. The highest BCUT2D eigenvalue weighted by Gasteiger charge is 2.33. The van der Waals surface area contributed by atoms with E-state index in [1.165, 1.54) is 0 Å². The molecule has 0 bridgehead atoms. The zero-order valence-electron chi connectivity index (χ0n) is 32.7. The predicted octanol–water partition coefficient (Wildman–Crippen LogP) is -0.438. The maximum Gasteiger partial charge on any atom is 0.327 e. The highest BCUT2D eigenvalue weighted by Crippen LogP contribution is 2.21. The standard InChI is InChI=1S/C35H63N5O15S/c1-2-4-45-6-8-47-10-12-49-14-16-51-18-20-53-22-24-55-25-23-54-21-19-52-17-15-50-13-11-48-9-7-46-5-3-40-28-30(38-39-40)27-36-33(41)26-32-34(42)37-31(29-56-32)35(43)44/h28,31-32H,2-27,29H2,1H3,(H,36,41)(H,37,42)(H,43,44). The number of aliphatic carboxylic acids is 1. The Balaban J connectivity index is 1.22. The molecule has 2 amide bonds. The van der Waals surface area contributed by atoms with Crippen molar-refractivity contribution in [1.29, 1.82) is 0 Å². The van der Waals surface area contributed by atoms with Crippen molar-refractivity contribution in [2.45, 2.75) is 44.1 Å². The zero-order chi connectivity index (χ0) is 40.2. The molecule has 3 N–H and O–H groups in total. The van der Waals surface area contributed by atoms with Gasteiger partial charge in [-0.15, -0.1) is 16.9 Å². The minimum absolute atomic E-state index is 0.0510. The van der Waals surface area contributed by atoms with Crippen LogP contribution in [-0.2, 0) is 79.6 Å². The van der Waals surface area contributed by atoms with E-state index in [4.69, 9.17) is 57.2 Å². The first kappa shape index (κ1) is 49.6. The summed E-state index contributed by atoms with van der Waals surface area (Å²) in [6.45, 7) is 13.8. The van der Waals surface area contributed by atoms with Crippen molar-refractivity contribution in [3.05, 3.63) is 11.9 Å². The number of nitrogens with one attached hydrogen (secondary N) is 2. The fourth-order valence-corrected chi connectivity index (χ4v) is 5.58. The minimum Gasteiger partial charge on any atom is -0.480 e. The molecule has 1 aromatic rings. The number of ether oxygens (including phenoxy) is 11. The summed E-state index contributed by atoms with van der Waals surface area (Å²) in [6, 6.07) is -0.933. The molecule has 2 atom stereocenters. The van der Waals surface area contributed by atoms with Gasteiger partial charge in [-0.3, -0.25) is 9.59 Å². The Hall–Kier alpha value is -2.54. The van der Waals surface area contributed by atoms with E-state index in [0.717, 1.165) is 24.8 Å². The normalized spacial score (nSPS) is 15.6. The zero-order valence-corrected chi connectivity index (χ0v) is 33.6. The fraction of sp³-hybridized carbons (Fsp3) is 0.857. The van der Waals surface area contributed by atoms with Gasteiger partial charge in [-0.05, 0) is 6.42 Å². The van der Waals surface area contributed by atoms with Crippen LogP contribution in [0.25, 0.3) is 0 Å². The molecule has 0 aliphatic carbocycles. The molecule has 0 aromatic carbocycles. The van der Waals surface area contributed by atoms with Gasteiger partial charge in [0.2, 0.25) is 11.8 Å². The third-order valence-electron chi connectivity index (χ3n) is 7.33. The Kier molecular flexibility index (Phi) is 31.5. The van der Waals surface area contributed by atoms with Gasteiger partial charge in [0.15, 0.2) is 0 Å². The van der Waals surface area contributed by atoms with Gasteiger partial charge in [-0.1, -0.05) is 12.1 Å². The molecular formula is C35H63N5O15S. The minimum atomic E-state index is -1.09. The van der Waals surface area contributed by atoms with Gasteiger partial charge < -0.3 is 67.8 Å². The van der Waals surface area contributed by atoms with Crippen LogP contribution in [0, 0.1) is 0 Å². The number of carbonyl (C=O) groups is 3. The number of hydrogen-bond donors (Lipinski definition) is 3. The number of carboxylic acids is 1. The molecule has 0 spiro atoms. The highest BCUT2D eigenvalue weighted by molar-refractivity contribution is 8.00. The second kappa shape index (κ2) is 35.6. The molecular weight excluding hydrogens is 762 g/mol. The fourth-order valence-electron chi connectivity index (χ4n) is 4.44. The maximum absolute atomic E-state index is 12.2. The lowest BCUT2D eigenvalue weighted by Gasteiger charge is -2.25. The molecule has 1 aromatic heterocycles. The number of nitrogens with zero attached hydrogens (tertiary/aromatic N) is 3. The average Bonchev–Trinajstić information content (AvgIpc) is 3.65. The topological polar surface area (TPSA) is 228 Å². The first-order valence-electron chi connectivity index (χ1n) is 19.1. The number of rotatable bonds is 40. The molecule has 1 saturated heterocycles. The van der Waals surface area contributed by atoms with Gasteiger partial charge in [-0.2, -0.15) is 0 Å². The van der Waals surface area contributed by atoms with Crippen LogP contribution >= 0.6 is 11.8 Å². The number of thioether (sulfide) groups is 1. The monoisotopic (exact) mass is 825 g/mol. The Bertz CT molecular complexity index is 1130. The quantitative estimate of drug-likeness (QED) is 0.0713. The molecule has 1 aliphatic heterocycles. The second-order valence-electron chi connectivity index (χ2n) is 11.9. The van der Waals surface area contributed by atoms with E-state index in [1.807, 2.05) is 0 Å². The Morgan fingerprint density at radius 2 is 1.09 bits per heavy atom. The molecule has 2 rings (SSSR count).